The fraction of sp³-hybridized carbons (Fsp3) is 0.733. The van der Waals surface area contributed by atoms with Gasteiger partial charge in [-0.05, 0) is 27.2 Å². The molecule has 148 valence electrons. The molecule has 0 saturated carbocycles. The average molecular weight is 392 g/mol. The molecule has 2 rings (SSSR count). The number of ether oxygens (including phenoxy) is 2. The number of aromatic amines is 1. The van der Waals surface area contributed by atoms with E-state index < -0.39 is 43.6 Å². The third kappa shape index (κ3) is 4.91. The summed E-state index contributed by atoms with van der Waals surface area (Å²) in [4.78, 5) is 43.8. The fourth-order valence-electron chi connectivity index (χ4n) is 3.23. The Morgan fingerprint density at radius 3 is 2.50 bits per heavy atom. The highest BCUT2D eigenvalue weighted by molar-refractivity contribution is 7.46. The second kappa shape index (κ2) is 8.16. The molecule has 11 heteroatoms. The maximum atomic E-state index is 12.2. The number of H-pyrrole nitrogens is 1. The van der Waals surface area contributed by atoms with Crippen molar-refractivity contribution >= 4 is 7.82 Å². The Morgan fingerprint density at radius 2 is 2.00 bits per heavy atom. The number of phosphoric ester groups is 1. The van der Waals surface area contributed by atoms with Crippen LogP contribution in [0.15, 0.2) is 21.9 Å². The zero-order valence-electron chi connectivity index (χ0n) is 15.1. The van der Waals surface area contributed by atoms with E-state index in [1.54, 1.807) is 0 Å². The summed E-state index contributed by atoms with van der Waals surface area (Å²) in [7, 11) is -4.72. The number of nitrogens with zero attached hydrogens (tertiary/aromatic N) is 1. The molecule has 1 aromatic rings. The number of nitrogens with one attached hydrogen (secondary N) is 1. The van der Waals surface area contributed by atoms with Crippen LogP contribution in [-0.4, -0.2) is 43.8 Å². The highest BCUT2D eigenvalue weighted by Gasteiger charge is 2.49. The van der Waals surface area contributed by atoms with Crippen molar-refractivity contribution in [3.8, 4) is 0 Å². The molecule has 3 N–H and O–H groups in total. The van der Waals surface area contributed by atoms with Gasteiger partial charge in [0.25, 0.3) is 5.56 Å². The van der Waals surface area contributed by atoms with E-state index in [-0.39, 0.29) is 12.0 Å². The van der Waals surface area contributed by atoms with Crippen LogP contribution in [0.2, 0.25) is 0 Å². The predicted molar refractivity (Wildman–Crippen MR) is 91.6 cm³/mol. The van der Waals surface area contributed by atoms with Crippen molar-refractivity contribution in [1.82, 2.24) is 9.55 Å². The number of rotatable bonds is 7. The van der Waals surface area contributed by atoms with Crippen molar-refractivity contribution in [1.29, 1.82) is 0 Å². The highest BCUT2D eigenvalue weighted by Crippen LogP contribution is 2.44. The molecule has 0 spiro atoms. The molecule has 0 radical (unpaired) electrons. The molecule has 2 unspecified atom stereocenters. The standard InChI is InChI=1S/C15H25N2O8P/c1-5-10-13(23-8(2)3)12(9(4)25-26(20,21)22)24-14(10)17-7-6-11(18)16-15(17)19/h6-10,12-14H,5H2,1-4H3,(H,16,18,19)(H2,20,21,22)/t9?,10?,12-,13-,14-/m1/s1. The number of hydrogen-bond acceptors (Lipinski definition) is 6. The molecule has 0 amide bonds. The third-order valence-electron chi connectivity index (χ3n) is 4.20. The van der Waals surface area contributed by atoms with Crippen LogP contribution in [0.25, 0.3) is 0 Å². The van der Waals surface area contributed by atoms with Crippen LogP contribution in [-0.2, 0) is 18.6 Å². The summed E-state index contributed by atoms with van der Waals surface area (Å²) in [6.07, 6.45) is -1.36. The van der Waals surface area contributed by atoms with Crippen LogP contribution in [0.1, 0.15) is 40.3 Å². The minimum Gasteiger partial charge on any atom is -0.372 e. The van der Waals surface area contributed by atoms with Crippen LogP contribution in [0.3, 0.4) is 0 Å². The monoisotopic (exact) mass is 392 g/mol. The Labute approximate surface area is 150 Å². The second-order valence-corrected chi connectivity index (χ2v) is 7.72. The van der Waals surface area contributed by atoms with Gasteiger partial charge in [0, 0.05) is 18.2 Å². The summed E-state index contributed by atoms with van der Waals surface area (Å²) in [6.45, 7) is 7.03. The first-order valence-corrected chi connectivity index (χ1v) is 9.92. The molecule has 0 bridgehead atoms. The number of phosphoric acid groups is 1. The van der Waals surface area contributed by atoms with Crippen molar-refractivity contribution in [2.75, 3.05) is 0 Å². The van der Waals surface area contributed by atoms with Gasteiger partial charge in [0.2, 0.25) is 0 Å². The maximum Gasteiger partial charge on any atom is 0.469 e. The molecule has 1 fully saturated rings. The summed E-state index contributed by atoms with van der Waals surface area (Å²) < 4.78 is 29.1. The molecule has 5 atom stereocenters. The van der Waals surface area contributed by atoms with E-state index in [1.807, 2.05) is 20.8 Å². The molecule has 2 heterocycles. The fourth-order valence-corrected chi connectivity index (χ4v) is 3.78. The van der Waals surface area contributed by atoms with Crippen molar-refractivity contribution in [2.45, 2.75) is 64.8 Å². The lowest BCUT2D eigenvalue weighted by Gasteiger charge is -2.28. The molecule has 0 aliphatic carbocycles. The Hall–Kier alpha value is -1.29. The number of hydrogen-bond donors (Lipinski definition) is 3. The van der Waals surface area contributed by atoms with E-state index in [0.29, 0.717) is 6.42 Å². The van der Waals surface area contributed by atoms with Gasteiger partial charge < -0.3 is 19.3 Å². The minimum atomic E-state index is -4.72. The lowest BCUT2D eigenvalue weighted by molar-refractivity contribution is -0.0988. The van der Waals surface area contributed by atoms with Crippen LogP contribution in [0.4, 0.5) is 0 Å². The quantitative estimate of drug-likeness (QED) is 0.578. The lowest BCUT2D eigenvalue weighted by atomic mass is 9.94. The second-order valence-electron chi connectivity index (χ2n) is 6.53. The largest absolute Gasteiger partial charge is 0.469 e. The average Bonchev–Trinajstić information content (AvgIpc) is 2.83. The van der Waals surface area contributed by atoms with Gasteiger partial charge in [0.05, 0.1) is 18.3 Å². The number of aromatic nitrogens is 2. The van der Waals surface area contributed by atoms with E-state index >= 15 is 0 Å². The van der Waals surface area contributed by atoms with Gasteiger partial charge in [0.1, 0.15) is 12.3 Å². The zero-order chi connectivity index (χ0) is 19.6. The van der Waals surface area contributed by atoms with E-state index in [9.17, 15) is 14.2 Å². The van der Waals surface area contributed by atoms with E-state index in [1.165, 1.54) is 23.8 Å². The molecule has 1 aliphatic rings. The Kier molecular flexibility index (Phi) is 6.60. The van der Waals surface area contributed by atoms with Crippen LogP contribution >= 0.6 is 7.82 Å². The summed E-state index contributed by atoms with van der Waals surface area (Å²) in [6, 6.07) is 1.21. The predicted octanol–water partition coefficient (Wildman–Crippen LogP) is 0.752. The van der Waals surface area contributed by atoms with Gasteiger partial charge in [-0.1, -0.05) is 6.92 Å². The maximum absolute atomic E-state index is 12.2. The minimum absolute atomic E-state index is 0.173. The van der Waals surface area contributed by atoms with Crippen molar-refractivity contribution in [3.05, 3.63) is 33.1 Å². The van der Waals surface area contributed by atoms with Gasteiger partial charge in [-0.2, -0.15) is 0 Å². The van der Waals surface area contributed by atoms with Gasteiger partial charge in [-0.25, -0.2) is 9.36 Å². The topological polar surface area (TPSA) is 140 Å². The van der Waals surface area contributed by atoms with E-state index in [0.717, 1.165) is 0 Å². The van der Waals surface area contributed by atoms with Gasteiger partial charge in [0.15, 0.2) is 0 Å². The SMILES string of the molecule is CCC1[C@@H](OC(C)C)[C@@H](C(C)OP(=O)(O)O)O[C@H]1n1ccc(=O)[nH]c1=O. The summed E-state index contributed by atoms with van der Waals surface area (Å²) in [5.74, 6) is -0.283. The van der Waals surface area contributed by atoms with Gasteiger partial charge in [-0.15, -0.1) is 0 Å². The molecule has 0 aromatic carbocycles. The molecule has 1 aliphatic heterocycles. The Bertz CT molecular complexity index is 769. The molecular weight excluding hydrogens is 367 g/mol. The van der Waals surface area contributed by atoms with Gasteiger partial charge in [-0.3, -0.25) is 18.9 Å². The van der Waals surface area contributed by atoms with Crippen LogP contribution < -0.4 is 11.2 Å². The lowest BCUT2D eigenvalue weighted by Crippen LogP contribution is -2.39. The zero-order valence-corrected chi connectivity index (χ0v) is 16.0. The molecule has 1 aromatic heterocycles. The normalized spacial score (nSPS) is 27.8. The first kappa shape index (κ1) is 21.0. The first-order chi connectivity index (χ1) is 12.0. The van der Waals surface area contributed by atoms with Crippen molar-refractivity contribution in [3.63, 3.8) is 0 Å². The smallest absolute Gasteiger partial charge is 0.372 e. The molecule has 26 heavy (non-hydrogen) atoms. The molecule has 1 saturated heterocycles. The summed E-state index contributed by atoms with van der Waals surface area (Å²) in [5, 5.41) is 0. The van der Waals surface area contributed by atoms with Gasteiger partial charge >= 0.3 is 13.5 Å². The summed E-state index contributed by atoms with van der Waals surface area (Å²) >= 11 is 0. The highest BCUT2D eigenvalue weighted by atomic mass is 31.2. The molecule has 10 nitrogen and oxygen atoms in total. The first-order valence-electron chi connectivity index (χ1n) is 8.39. The van der Waals surface area contributed by atoms with Crippen molar-refractivity contribution in [2.24, 2.45) is 5.92 Å². The summed E-state index contributed by atoms with van der Waals surface area (Å²) in [5.41, 5.74) is -1.16. The van der Waals surface area contributed by atoms with Crippen molar-refractivity contribution < 1.29 is 28.3 Å². The third-order valence-corrected chi connectivity index (χ3v) is 4.81. The Morgan fingerprint density at radius 1 is 1.35 bits per heavy atom. The van der Waals surface area contributed by atoms with Crippen LogP contribution in [0.5, 0.6) is 0 Å². The van der Waals surface area contributed by atoms with E-state index in [4.69, 9.17) is 23.8 Å². The Balaban J connectivity index is 2.40. The van der Waals surface area contributed by atoms with E-state index in [2.05, 4.69) is 4.98 Å². The van der Waals surface area contributed by atoms with Crippen LogP contribution in [0, 0.1) is 5.92 Å². The molecular formula is C15H25N2O8P.